The van der Waals surface area contributed by atoms with Crippen LogP contribution in [-0.4, -0.2) is 68.7 Å². The Bertz CT molecular complexity index is 998. The van der Waals surface area contributed by atoms with E-state index >= 15 is 0 Å². The summed E-state index contributed by atoms with van der Waals surface area (Å²) in [6.07, 6.45) is -0.698. The van der Waals surface area contributed by atoms with Crippen LogP contribution < -0.4 is 24.8 Å². The van der Waals surface area contributed by atoms with Crippen molar-refractivity contribution in [1.29, 1.82) is 0 Å². The van der Waals surface area contributed by atoms with Crippen molar-refractivity contribution in [1.82, 2.24) is 10.6 Å². The number of rotatable bonds is 9. The van der Waals surface area contributed by atoms with Crippen LogP contribution in [0.25, 0.3) is 0 Å². The smallest absolute Gasteiger partial charge is 0.414 e. The van der Waals surface area contributed by atoms with E-state index in [-0.39, 0.29) is 41.9 Å². The number of alkyl carbamates (subject to hydrolysis) is 2. The summed E-state index contributed by atoms with van der Waals surface area (Å²) >= 11 is 0. The fourth-order valence-electron chi connectivity index (χ4n) is 2.81. The molecule has 0 unspecified atom stereocenters. The van der Waals surface area contributed by atoms with E-state index in [2.05, 4.69) is 15.6 Å². The van der Waals surface area contributed by atoms with Crippen LogP contribution in [0.1, 0.15) is 71.7 Å². The topological polar surface area (TPSA) is 160 Å². The average molecular weight is 554 g/mol. The first kappa shape index (κ1) is 33.0. The second kappa shape index (κ2) is 14.8. The summed E-state index contributed by atoms with van der Waals surface area (Å²) in [5.74, 6) is -1.03. The molecular weight excluding hydrogens is 514 g/mol. The third-order valence-corrected chi connectivity index (χ3v) is 4.24. The maximum absolute atomic E-state index is 12.5. The molecule has 0 saturated carbocycles. The van der Waals surface area contributed by atoms with Gasteiger partial charge in [-0.05, 0) is 66.5 Å². The molecule has 0 fully saturated rings. The minimum atomic E-state index is -0.795. The molecular formula is C26H39N3O10. The van der Waals surface area contributed by atoms with E-state index in [1.807, 2.05) is 0 Å². The lowest BCUT2D eigenvalue weighted by Gasteiger charge is -2.22. The minimum Gasteiger partial charge on any atom is -0.493 e. The molecule has 0 heterocycles. The Balaban J connectivity index is 2.75. The highest BCUT2D eigenvalue weighted by atomic mass is 16.6. The number of unbranched alkanes of at least 4 members (excludes halogenated alkanes) is 1. The van der Waals surface area contributed by atoms with Crippen molar-refractivity contribution in [2.45, 2.75) is 72.5 Å². The Kier molecular flexibility index (Phi) is 12.5. The molecule has 39 heavy (non-hydrogen) atoms. The van der Waals surface area contributed by atoms with E-state index in [9.17, 15) is 19.2 Å². The van der Waals surface area contributed by atoms with Crippen LogP contribution in [-0.2, 0) is 19.0 Å². The van der Waals surface area contributed by atoms with Gasteiger partial charge in [0.05, 0.1) is 26.4 Å². The van der Waals surface area contributed by atoms with E-state index in [1.165, 1.54) is 33.3 Å². The third kappa shape index (κ3) is 13.4. The molecule has 0 aliphatic carbocycles. The standard InChI is InChI=1S/C26H39N3O10/c1-16(30)37-20-18(34-8)14-17(15-19(20)35-9)21(31)36-13-11-10-12-27-22(28-23(32)38-25(2,3)4)29-24(33)39-26(5,6)7/h14-15H,10-13H2,1-9H3,(H2,27,28,29,32,33). The fourth-order valence-corrected chi connectivity index (χ4v) is 2.81. The van der Waals surface area contributed by atoms with Gasteiger partial charge in [0.2, 0.25) is 11.7 Å². The number of carbonyl (C=O) groups excluding carboxylic acids is 4. The number of methoxy groups -OCH3 is 2. The molecule has 1 aromatic carbocycles. The van der Waals surface area contributed by atoms with Gasteiger partial charge in [0, 0.05) is 13.5 Å². The van der Waals surface area contributed by atoms with Crippen molar-refractivity contribution in [3.8, 4) is 17.2 Å². The number of hydrogen-bond donors (Lipinski definition) is 2. The molecule has 0 aliphatic rings. The van der Waals surface area contributed by atoms with Crippen LogP contribution >= 0.6 is 0 Å². The van der Waals surface area contributed by atoms with Crippen molar-refractivity contribution < 1.29 is 47.6 Å². The number of aliphatic imine (C=N–C) groups is 1. The predicted molar refractivity (Wildman–Crippen MR) is 141 cm³/mol. The highest BCUT2D eigenvalue weighted by Gasteiger charge is 2.22. The van der Waals surface area contributed by atoms with Gasteiger partial charge in [0.1, 0.15) is 11.2 Å². The molecule has 13 nitrogen and oxygen atoms in total. The number of esters is 2. The first-order chi connectivity index (χ1) is 18.0. The quantitative estimate of drug-likeness (QED) is 0.114. The van der Waals surface area contributed by atoms with Gasteiger partial charge < -0.3 is 28.4 Å². The zero-order chi connectivity index (χ0) is 29.8. The van der Waals surface area contributed by atoms with E-state index < -0.39 is 35.3 Å². The zero-order valence-electron chi connectivity index (χ0n) is 24.0. The summed E-state index contributed by atoms with van der Waals surface area (Å²) in [5, 5.41) is 4.79. The summed E-state index contributed by atoms with van der Waals surface area (Å²) in [7, 11) is 2.72. The van der Waals surface area contributed by atoms with Gasteiger partial charge in [0.25, 0.3) is 0 Å². The van der Waals surface area contributed by atoms with Gasteiger partial charge in [0.15, 0.2) is 11.5 Å². The molecule has 0 radical (unpaired) electrons. The monoisotopic (exact) mass is 553 g/mol. The lowest BCUT2D eigenvalue weighted by atomic mass is 10.2. The van der Waals surface area contributed by atoms with E-state index in [0.29, 0.717) is 12.8 Å². The van der Waals surface area contributed by atoms with E-state index in [4.69, 9.17) is 28.4 Å². The second-order valence-electron chi connectivity index (χ2n) is 10.1. The molecule has 0 atom stereocenters. The summed E-state index contributed by atoms with van der Waals surface area (Å²) in [4.78, 5) is 52.4. The highest BCUT2D eigenvalue weighted by Crippen LogP contribution is 2.38. The van der Waals surface area contributed by atoms with Crippen molar-refractivity contribution >= 4 is 30.1 Å². The van der Waals surface area contributed by atoms with Crippen molar-refractivity contribution in [2.24, 2.45) is 4.99 Å². The fraction of sp³-hybridized carbons (Fsp3) is 0.577. The Hall–Kier alpha value is -4.03. The summed E-state index contributed by atoms with van der Waals surface area (Å²) in [6, 6.07) is 2.76. The molecule has 2 N–H and O–H groups in total. The van der Waals surface area contributed by atoms with Crippen LogP contribution in [0.4, 0.5) is 9.59 Å². The number of ether oxygens (including phenoxy) is 6. The predicted octanol–water partition coefficient (Wildman–Crippen LogP) is 3.97. The highest BCUT2D eigenvalue weighted by molar-refractivity contribution is 6.01. The molecule has 0 aromatic heterocycles. The average Bonchev–Trinajstić information content (AvgIpc) is 2.78. The molecule has 0 saturated heterocycles. The molecule has 218 valence electrons. The minimum absolute atomic E-state index is 0.0534. The van der Waals surface area contributed by atoms with Crippen LogP contribution in [0, 0.1) is 0 Å². The second-order valence-corrected chi connectivity index (χ2v) is 10.1. The molecule has 0 bridgehead atoms. The number of amides is 2. The number of carbonyl (C=O) groups is 4. The first-order valence-electron chi connectivity index (χ1n) is 12.2. The third-order valence-electron chi connectivity index (χ3n) is 4.24. The van der Waals surface area contributed by atoms with E-state index in [0.717, 1.165) is 0 Å². The number of guanidine groups is 1. The van der Waals surface area contributed by atoms with E-state index in [1.54, 1.807) is 41.5 Å². The lowest BCUT2D eigenvalue weighted by Crippen LogP contribution is -2.47. The Morgan fingerprint density at radius 3 is 1.72 bits per heavy atom. The Morgan fingerprint density at radius 2 is 1.31 bits per heavy atom. The van der Waals surface area contributed by atoms with Crippen molar-refractivity contribution in [3.05, 3.63) is 17.7 Å². The van der Waals surface area contributed by atoms with Crippen LogP contribution in [0.15, 0.2) is 17.1 Å². The molecule has 0 aliphatic heterocycles. The summed E-state index contributed by atoms with van der Waals surface area (Å²) in [5.41, 5.74) is -1.36. The lowest BCUT2D eigenvalue weighted by molar-refractivity contribution is -0.132. The molecule has 0 spiro atoms. The van der Waals surface area contributed by atoms with Gasteiger partial charge in [-0.25, -0.2) is 14.4 Å². The number of nitrogens with zero attached hydrogens (tertiary/aromatic N) is 1. The Labute approximate surface area is 228 Å². The normalized spacial score (nSPS) is 11.0. The van der Waals surface area contributed by atoms with Gasteiger partial charge in [-0.2, -0.15) is 0 Å². The first-order valence-corrected chi connectivity index (χ1v) is 12.2. The molecule has 2 amide bonds. The van der Waals surface area contributed by atoms with Gasteiger partial charge in [-0.1, -0.05) is 0 Å². The SMILES string of the molecule is COc1cc(C(=O)OCCCCN=C(NC(=O)OC(C)(C)C)NC(=O)OC(C)(C)C)cc(OC)c1OC(C)=O. The number of hydrogen-bond acceptors (Lipinski definition) is 11. The van der Waals surface area contributed by atoms with Gasteiger partial charge in [-0.3, -0.25) is 20.4 Å². The van der Waals surface area contributed by atoms with Crippen LogP contribution in [0.5, 0.6) is 17.2 Å². The zero-order valence-corrected chi connectivity index (χ0v) is 24.0. The largest absolute Gasteiger partial charge is 0.493 e. The van der Waals surface area contributed by atoms with Crippen molar-refractivity contribution in [2.75, 3.05) is 27.4 Å². The van der Waals surface area contributed by atoms with Gasteiger partial charge >= 0.3 is 24.1 Å². The molecule has 1 aromatic rings. The van der Waals surface area contributed by atoms with Crippen LogP contribution in [0.2, 0.25) is 0 Å². The molecule has 13 heteroatoms. The molecule has 1 rings (SSSR count). The Morgan fingerprint density at radius 1 is 0.821 bits per heavy atom. The van der Waals surface area contributed by atoms with Crippen molar-refractivity contribution in [3.63, 3.8) is 0 Å². The summed E-state index contributed by atoms with van der Waals surface area (Å²) in [6.45, 7) is 11.7. The van der Waals surface area contributed by atoms with Gasteiger partial charge in [-0.15, -0.1) is 0 Å². The summed E-state index contributed by atoms with van der Waals surface area (Å²) < 4.78 is 31.2. The number of benzene rings is 1. The number of nitrogens with one attached hydrogen (secondary N) is 2. The van der Waals surface area contributed by atoms with Crippen LogP contribution in [0.3, 0.4) is 0 Å². The maximum atomic E-state index is 12.5. The maximum Gasteiger partial charge on any atom is 0.414 e.